The number of carbonyl (C=O) groups excluding carboxylic acids is 1. The molecule has 1 aliphatic rings. The van der Waals surface area contributed by atoms with Crippen LogP contribution < -0.4 is 0 Å². The predicted molar refractivity (Wildman–Crippen MR) is 60.9 cm³/mol. The summed E-state index contributed by atoms with van der Waals surface area (Å²) in [4.78, 5) is 14.1. The second-order valence-electron chi connectivity index (χ2n) is 4.75. The number of hydrogen-bond donors (Lipinski definition) is 0. The van der Waals surface area contributed by atoms with Gasteiger partial charge in [0, 0.05) is 19.1 Å². The Morgan fingerprint density at radius 2 is 2.27 bits per heavy atom. The standard InChI is InChI=1S/C12H23NO2/c1-4-13(7-10(2)3)8-12(14)11-5-6-15-9-11/h10-11H,4-9H2,1-3H3. The second kappa shape index (κ2) is 6.23. The number of rotatable bonds is 6. The number of ketones is 1. The normalized spacial score (nSPS) is 21.5. The van der Waals surface area contributed by atoms with Gasteiger partial charge in [0.25, 0.3) is 0 Å². The van der Waals surface area contributed by atoms with Crippen molar-refractivity contribution in [1.82, 2.24) is 4.90 Å². The summed E-state index contributed by atoms with van der Waals surface area (Å²) in [7, 11) is 0. The lowest BCUT2D eigenvalue weighted by atomic mass is 10.0. The van der Waals surface area contributed by atoms with Crippen molar-refractivity contribution in [3.05, 3.63) is 0 Å². The third-order valence-electron chi connectivity index (χ3n) is 2.84. The van der Waals surface area contributed by atoms with Gasteiger partial charge in [-0.3, -0.25) is 9.69 Å². The minimum atomic E-state index is 0.159. The molecule has 1 saturated heterocycles. The molecule has 0 N–H and O–H groups in total. The van der Waals surface area contributed by atoms with Gasteiger partial charge in [-0.2, -0.15) is 0 Å². The van der Waals surface area contributed by atoms with E-state index < -0.39 is 0 Å². The van der Waals surface area contributed by atoms with Gasteiger partial charge >= 0.3 is 0 Å². The van der Waals surface area contributed by atoms with Crippen molar-refractivity contribution < 1.29 is 9.53 Å². The van der Waals surface area contributed by atoms with E-state index in [-0.39, 0.29) is 5.92 Å². The lowest BCUT2D eigenvalue weighted by Crippen LogP contribution is -2.35. The highest BCUT2D eigenvalue weighted by Crippen LogP contribution is 2.14. The topological polar surface area (TPSA) is 29.5 Å². The van der Waals surface area contributed by atoms with Crippen molar-refractivity contribution in [2.45, 2.75) is 27.2 Å². The zero-order chi connectivity index (χ0) is 11.3. The van der Waals surface area contributed by atoms with Gasteiger partial charge < -0.3 is 4.74 Å². The number of hydrogen-bond acceptors (Lipinski definition) is 3. The van der Waals surface area contributed by atoms with Crippen LogP contribution in [0.4, 0.5) is 0 Å². The first kappa shape index (κ1) is 12.7. The average Bonchev–Trinajstić information content (AvgIpc) is 2.68. The zero-order valence-electron chi connectivity index (χ0n) is 10.2. The zero-order valence-corrected chi connectivity index (χ0v) is 10.2. The monoisotopic (exact) mass is 213 g/mol. The first-order chi connectivity index (χ1) is 7.13. The highest BCUT2D eigenvalue weighted by Gasteiger charge is 2.24. The molecular weight excluding hydrogens is 190 g/mol. The van der Waals surface area contributed by atoms with Gasteiger partial charge in [0.05, 0.1) is 13.2 Å². The van der Waals surface area contributed by atoms with Crippen molar-refractivity contribution >= 4 is 5.78 Å². The van der Waals surface area contributed by atoms with E-state index in [0.717, 1.165) is 26.1 Å². The van der Waals surface area contributed by atoms with Gasteiger partial charge in [-0.1, -0.05) is 20.8 Å². The summed E-state index contributed by atoms with van der Waals surface area (Å²) in [6.45, 7) is 10.4. The third-order valence-corrected chi connectivity index (χ3v) is 2.84. The minimum Gasteiger partial charge on any atom is -0.381 e. The van der Waals surface area contributed by atoms with Crippen LogP contribution in [0.2, 0.25) is 0 Å². The SMILES string of the molecule is CCN(CC(=O)C1CCOC1)CC(C)C. The van der Waals surface area contributed by atoms with Crippen molar-refractivity contribution in [2.24, 2.45) is 11.8 Å². The number of nitrogens with zero attached hydrogens (tertiary/aromatic N) is 1. The Labute approximate surface area is 92.8 Å². The summed E-state index contributed by atoms with van der Waals surface area (Å²) in [6, 6.07) is 0. The summed E-state index contributed by atoms with van der Waals surface area (Å²) in [6.07, 6.45) is 0.915. The van der Waals surface area contributed by atoms with Gasteiger partial charge in [0.15, 0.2) is 5.78 Å². The lowest BCUT2D eigenvalue weighted by Gasteiger charge is -2.22. The molecule has 0 amide bonds. The number of ether oxygens (including phenoxy) is 1. The van der Waals surface area contributed by atoms with Crippen molar-refractivity contribution in [3.8, 4) is 0 Å². The summed E-state index contributed by atoms with van der Waals surface area (Å²) in [5.74, 6) is 1.14. The quantitative estimate of drug-likeness (QED) is 0.671. The molecule has 0 aromatic carbocycles. The summed E-state index contributed by atoms with van der Waals surface area (Å²) >= 11 is 0. The Hall–Kier alpha value is -0.410. The molecule has 0 spiro atoms. The van der Waals surface area contributed by atoms with Gasteiger partial charge in [0.2, 0.25) is 0 Å². The molecule has 0 aromatic heterocycles. The van der Waals surface area contributed by atoms with E-state index >= 15 is 0 Å². The average molecular weight is 213 g/mol. The molecular formula is C12H23NO2. The van der Waals surface area contributed by atoms with E-state index in [2.05, 4.69) is 25.7 Å². The molecule has 3 heteroatoms. The van der Waals surface area contributed by atoms with Crippen LogP contribution >= 0.6 is 0 Å². The van der Waals surface area contributed by atoms with Crippen LogP contribution in [0, 0.1) is 11.8 Å². The molecule has 15 heavy (non-hydrogen) atoms. The maximum Gasteiger partial charge on any atom is 0.152 e. The molecule has 0 aliphatic carbocycles. The number of likely N-dealkylation sites (N-methyl/N-ethyl adjacent to an activating group) is 1. The number of Topliss-reactive ketones (excluding diaryl/α,β-unsaturated/α-hetero) is 1. The van der Waals surface area contributed by atoms with Crippen LogP contribution in [0.1, 0.15) is 27.2 Å². The van der Waals surface area contributed by atoms with Crippen LogP contribution in [0.3, 0.4) is 0 Å². The molecule has 0 radical (unpaired) electrons. The summed E-state index contributed by atoms with van der Waals surface area (Å²) in [5, 5.41) is 0. The summed E-state index contributed by atoms with van der Waals surface area (Å²) in [5.41, 5.74) is 0. The fourth-order valence-corrected chi connectivity index (χ4v) is 1.96. The van der Waals surface area contributed by atoms with E-state index in [4.69, 9.17) is 4.74 Å². The maximum atomic E-state index is 11.9. The van der Waals surface area contributed by atoms with Crippen molar-refractivity contribution in [3.63, 3.8) is 0 Å². The van der Waals surface area contributed by atoms with Crippen molar-refractivity contribution in [2.75, 3.05) is 32.8 Å². The Balaban J connectivity index is 2.33. The maximum absolute atomic E-state index is 11.9. The Morgan fingerprint density at radius 3 is 2.73 bits per heavy atom. The second-order valence-corrected chi connectivity index (χ2v) is 4.75. The molecule has 1 rings (SSSR count). The fourth-order valence-electron chi connectivity index (χ4n) is 1.96. The van der Waals surface area contributed by atoms with Crippen LogP contribution in [0.25, 0.3) is 0 Å². The minimum absolute atomic E-state index is 0.159. The van der Waals surface area contributed by atoms with Crippen LogP contribution in [-0.2, 0) is 9.53 Å². The van der Waals surface area contributed by atoms with E-state index in [0.29, 0.717) is 24.9 Å². The van der Waals surface area contributed by atoms with Gasteiger partial charge in [-0.15, -0.1) is 0 Å². The smallest absolute Gasteiger partial charge is 0.152 e. The molecule has 0 saturated carbocycles. The van der Waals surface area contributed by atoms with E-state index in [1.165, 1.54) is 0 Å². The Kier molecular flexibility index (Phi) is 5.26. The first-order valence-corrected chi connectivity index (χ1v) is 5.96. The molecule has 88 valence electrons. The molecule has 3 nitrogen and oxygen atoms in total. The van der Waals surface area contributed by atoms with Crippen molar-refractivity contribution in [1.29, 1.82) is 0 Å². The Bertz CT molecular complexity index is 198. The molecule has 1 fully saturated rings. The molecule has 0 aromatic rings. The van der Waals surface area contributed by atoms with Crippen LogP contribution in [0.5, 0.6) is 0 Å². The first-order valence-electron chi connectivity index (χ1n) is 5.96. The van der Waals surface area contributed by atoms with Gasteiger partial charge in [0.1, 0.15) is 0 Å². The molecule has 0 bridgehead atoms. The summed E-state index contributed by atoms with van der Waals surface area (Å²) < 4.78 is 5.24. The highest BCUT2D eigenvalue weighted by atomic mass is 16.5. The lowest BCUT2D eigenvalue weighted by molar-refractivity contribution is -0.124. The van der Waals surface area contributed by atoms with E-state index in [1.807, 2.05) is 0 Å². The fraction of sp³-hybridized carbons (Fsp3) is 0.917. The van der Waals surface area contributed by atoms with Crippen LogP contribution in [-0.4, -0.2) is 43.5 Å². The largest absolute Gasteiger partial charge is 0.381 e. The molecule has 1 atom stereocenters. The highest BCUT2D eigenvalue weighted by molar-refractivity contribution is 5.83. The molecule has 1 unspecified atom stereocenters. The predicted octanol–water partition coefficient (Wildman–Crippen LogP) is 1.57. The van der Waals surface area contributed by atoms with Crippen LogP contribution in [0.15, 0.2) is 0 Å². The van der Waals surface area contributed by atoms with Gasteiger partial charge in [-0.25, -0.2) is 0 Å². The van der Waals surface area contributed by atoms with Gasteiger partial charge in [-0.05, 0) is 18.9 Å². The molecule has 1 heterocycles. The van der Waals surface area contributed by atoms with E-state index in [1.54, 1.807) is 0 Å². The third kappa shape index (κ3) is 4.31. The van der Waals surface area contributed by atoms with E-state index in [9.17, 15) is 4.79 Å². The molecule has 1 aliphatic heterocycles. The Morgan fingerprint density at radius 1 is 1.53 bits per heavy atom. The number of carbonyl (C=O) groups is 1.